The first-order valence-electron chi connectivity index (χ1n) is 10.7. The molecule has 174 valence electrons. The van der Waals surface area contributed by atoms with Crippen LogP contribution >= 0.6 is 0 Å². The molecule has 0 atom stereocenters. The minimum atomic E-state index is -1.15. The molecule has 1 aromatic heterocycles. The van der Waals surface area contributed by atoms with Crippen molar-refractivity contribution in [2.24, 2.45) is 0 Å². The number of methoxy groups -OCH3 is 1. The van der Waals surface area contributed by atoms with E-state index in [-0.39, 0.29) is 17.2 Å². The Kier molecular flexibility index (Phi) is 6.72. The average molecular weight is 460 g/mol. The van der Waals surface area contributed by atoms with Gasteiger partial charge in [-0.25, -0.2) is 4.79 Å². The van der Waals surface area contributed by atoms with Gasteiger partial charge in [0, 0.05) is 38.1 Å². The summed E-state index contributed by atoms with van der Waals surface area (Å²) in [5.74, 6) is -1.34. The van der Waals surface area contributed by atoms with Crippen LogP contribution in [-0.4, -0.2) is 66.1 Å². The minimum Gasteiger partial charge on any atom is -0.496 e. The van der Waals surface area contributed by atoms with Crippen LogP contribution in [0, 0.1) is 0 Å². The van der Waals surface area contributed by atoms with Crippen LogP contribution in [0.4, 0.5) is 11.4 Å². The zero-order chi connectivity index (χ0) is 24.1. The number of aromatic nitrogens is 1. The molecule has 1 saturated heterocycles. The van der Waals surface area contributed by atoms with Crippen molar-refractivity contribution in [3.05, 3.63) is 83.7 Å². The maximum absolute atomic E-state index is 12.7. The fourth-order valence-electron chi connectivity index (χ4n) is 3.86. The Morgan fingerprint density at radius 1 is 0.941 bits per heavy atom. The lowest BCUT2D eigenvalue weighted by molar-refractivity contribution is 0.0697. The topological polar surface area (TPSA) is 112 Å². The lowest BCUT2D eigenvalue weighted by Gasteiger charge is -2.36. The van der Waals surface area contributed by atoms with Crippen molar-refractivity contribution in [3.63, 3.8) is 0 Å². The molecule has 0 saturated carbocycles. The molecule has 1 fully saturated rings. The van der Waals surface area contributed by atoms with Crippen molar-refractivity contribution in [2.75, 3.05) is 43.5 Å². The summed E-state index contributed by atoms with van der Waals surface area (Å²) in [6, 6.07) is 16.8. The van der Waals surface area contributed by atoms with Crippen molar-refractivity contribution in [2.45, 2.75) is 0 Å². The number of piperazine rings is 1. The highest BCUT2D eigenvalue weighted by atomic mass is 16.5. The first kappa shape index (κ1) is 22.8. The van der Waals surface area contributed by atoms with Crippen LogP contribution in [-0.2, 0) is 0 Å². The zero-order valence-electron chi connectivity index (χ0n) is 18.6. The zero-order valence-corrected chi connectivity index (χ0v) is 18.6. The Morgan fingerprint density at radius 3 is 2.35 bits per heavy atom. The fourth-order valence-corrected chi connectivity index (χ4v) is 3.86. The summed E-state index contributed by atoms with van der Waals surface area (Å²) in [6.45, 7) is 2.07. The summed E-state index contributed by atoms with van der Waals surface area (Å²) >= 11 is 0. The van der Waals surface area contributed by atoms with E-state index in [0.717, 1.165) is 0 Å². The van der Waals surface area contributed by atoms with Crippen molar-refractivity contribution >= 4 is 29.2 Å². The summed E-state index contributed by atoms with van der Waals surface area (Å²) < 4.78 is 5.22. The first-order valence-corrected chi connectivity index (χ1v) is 10.7. The van der Waals surface area contributed by atoms with E-state index in [0.29, 0.717) is 48.9 Å². The smallest absolute Gasteiger partial charge is 0.337 e. The molecular weight excluding hydrogens is 436 g/mol. The maximum Gasteiger partial charge on any atom is 0.337 e. The number of carboxylic acid groups (broad SMARTS) is 1. The number of rotatable bonds is 6. The highest BCUT2D eigenvalue weighted by Gasteiger charge is 2.24. The van der Waals surface area contributed by atoms with Gasteiger partial charge in [-0.15, -0.1) is 0 Å². The van der Waals surface area contributed by atoms with Gasteiger partial charge in [-0.05, 0) is 42.5 Å². The molecule has 9 nitrogen and oxygen atoms in total. The number of amides is 2. The quantitative estimate of drug-likeness (QED) is 0.582. The molecule has 2 N–H and O–H groups in total. The van der Waals surface area contributed by atoms with Crippen LogP contribution in [0.15, 0.2) is 66.9 Å². The van der Waals surface area contributed by atoms with E-state index >= 15 is 0 Å². The molecule has 1 aliphatic rings. The second-order valence-electron chi connectivity index (χ2n) is 7.68. The van der Waals surface area contributed by atoms with Crippen LogP contribution in [0.5, 0.6) is 5.75 Å². The molecule has 34 heavy (non-hydrogen) atoms. The van der Waals surface area contributed by atoms with Gasteiger partial charge in [-0.3, -0.25) is 14.6 Å². The molecule has 4 rings (SSSR count). The summed E-state index contributed by atoms with van der Waals surface area (Å²) in [6.07, 6.45) is 1.59. The van der Waals surface area contributed by atoms with Gasteiger partial charge in [0.1, 0.15) is 11.4 Å². The van der Waals surface area contributed by atoms with Crippen molar-refractivity contribution in [1.29, 1.82) is 0 Å². The lowest BCUT2D eigenvalue weighted by atomic mass is 10.1. The highest BCUT2D eigenvalue weighted by molar-refractivity contribution is 6.09. The summed E-state index contributed by atoms with van der Waals surface area (Å²) in [4.78, 5) is 45.2. The third kappa shape index (κ3) is 4.83. The Labute approximate surface area is 196 Å². The van der Waals surface area contributed by atoms with Crippen molar-refractivity contribution < 1.29 is 24.2 Å². The molecule has 0 aliphatic carbocycles. The Balaban J connectivity index is 1.47. The van der Waals surface area contributed by atoms with Gasteiger partial charge in [0.15, 0.2) is 0 Å². The largest absolute Gasteiger partial charge is 0.496 e. The predicted molar refractivity (Wildman–Crippen MR) is 127 cm³/mol. The normalized spacial score (nSPS) is 13.3. The number of aromatic carboxylic acids is 1. The second-order valence-corrected chi connectivity index (χ2v) is 7.68. The number of hydrogen-bond donors (Lipinski definition) is 2. The van der Waals surface area contributed by atoms with Crippen molar-refractivity contribution in [3.8, 4) is 5.75 Å². The fraction of sp³-hybridized carbons (Fsp3) is 0.200. The van der Waals surface area contributed by atoms with Gasteiger partial charge in [-0.2, -0.15) is 0 Å². The maximum atomic E-state index is 12.7. The summed E-state index contributed by atoms with van der Waals surface area (Å²) in [7, 11) is 1.47. The second kappa shape index (κ2) is 10.0. The van der Waals surface area contributed by atoms with Gasteiger partial charge >= 0.3 is 5.97 Å². The SMILES string of the molecule is COc1ccccc1C(=O)Nc1ccc(N2CCN(C(=O)c3ccccn3)CC2)cc1C(=O)O. The lowest BCUT2D eigenvalue weighted by Crippen LogP contribution is -2.49. The average Bonchev–Trinajstić information content (AvgIpc) is 2.89. The van der Waals surface area contributed by atoms with E-state index in [1.807, 2.05) is 4.90 Å². The number of para-hydroxylation sites is 1. The first-order chi connectivity index (χ1) is 16.5. The molecule has 2 aromatic carbocycles. The summed E-state index contributed by atoms with van der Waals surface area (Å²) in [5, 5.41) is 12.4. The standard InChI is InChI=1S/C25H24N4O5/c1-34-22-8-3-2-6-18(22)23(30)27-20-10-9-17(16-19(20)25(32)33)28-12-14-29(15-13-28)24(31)21-7-4-5-11-26-21/h2-11,16H,12-15H2,1H3,(H,27,30)(H,32,33). The number of nitrogens with one attached hydrogen (secondary N) is 1. The van der Waals surface area contributed by atoms with Crippen LogP contribution in [0.1, 0.15) is 31.2 Å². The number of anilines is 2. The summed E-state index contributed by atoms with van der Waals surface area (Å²) in [5.41, 5.74) is 1.58. The van der Waals surface area contributed by atoms with E-state index in [2.05, 4.69) is 10.3 Å². The number of carbonyl (C=O) groups is 3. The van der Waals surface area contributed by atoms with Crippen LogP contribution < -0.4 is 15.0 Å². The van der Waals surface area contributed by atoms with Crippen molar-refractivity contribution in [1.82, 2.24) is 9.88 Å². The Hall–Kier alpha value is -4.40. The van der Waals surface area contributed by atoms with E-state index in [1.54, 1.807) is 65.7 Å². The third-order valence-corrected chi connectivity index (χ3v) is 5.65. The predicted octanol–water partition coefficient (Wildman–Crippen LogP) is 3.00. The number of pyridine rings is 1. The van der Waals surface area contributed by atoms with E-state index < -0.39 is 11.9 Å². The number of hydrogen-bond acceptors (Lipinski definition) is 6. The number of nitrogens with zero attached hydrogens (tertiary/aromatic N) is 3. The molecule has 0 bridgehead atoms. The van der Waals surface area contributed by atoms with E-state index in [1.165, 1.54) is 13.2 Å². The monoisotopic (exact) mass is 460 g/mol. The number of carboxylic acids is 1. The number of benzene rings is 2. The van der Waals surface area contributed by atoms with Gasteiger partial charge in [0.05, 0.1) is 23.9 Å². The molecule has 9 heteroatoms. The molecule has 1 aliphatic heterocycles. The molecule has 0 spiro atoms. The van der Waals surface area contributed by atoms with Gasteiger partial charge in [0.25, 0.3) is 11.8 Å². The van der Waals surface area contributed by atoms with Crippen LogP contribution in [0.3, 0.4) is 0 Å². The Bertz CT molecular complexity index is 1210. The van der Waals surface area contributed by atoms with Gasteiger partial charge in [-0.1, -0.05) is 18.2 Å². The molecular formula is C25H24N4O5. The van der Waals surface area contributed by atoms with Gasteiger partial charge in [0.2, 0.25) is 0 Å². The number of ether oxygens (including phenoxy) is 1. The minimum absolute atomic E-state index is 0.0206. The Morgan fingerprint density at radius 2 is 1.68 bits per heavy atom. The third-order valence-electron chi connectivity index (χ3n) is 5.65. The molecule has 2 amide bonds. The van der Waals surface area contributed by atoms with E-state index in [9.17, 15) is 19.5 Å². The van der Waals surface area contributed by atoms with Crippen LogP contribution in [0.25, 0.3) is 0 Å². The molecule has 3 aromatic rings. The van der Waals surface area contributed by atoms with E-state index in [4.69, 9.17) is 4.74 Å². The number of carbonyl (C=O) groups excluding carboxylic acids is 2. The van der Waals surface area contributed by atoms with Gasteiger partial charge < -0.3 is 25.0 Å². The molecule has 2 heterocycles. The molecule has 0 unspecified atom stereocenters. The van der Waals surface area contributed by atoms with Crippen LogP contribution in [0.2, 0.25) is 0 Å². The molecule has 0 radical (unpaired) electrons. The highest BCUT2D eigenvalue weighted by Crippen LogP contribution is 2.26.